The van der Waals surface area contributed by atoms with Crippen molar-refractivity contribution >= 4 is 23.7 Å². The molecule has 0 saturated carbocycles. The van der Waals surface area contributed by atoms with Gasteiger partial charge in [-0.2, -0.15) is 0 Å². The Labute approximate surface area is 188 Å². The molecule has 0 aliphatic heterocycles. The third kappa shape index (κ3) is 8.66. The summed E-state index contributed by atoms with van der Waals surface area (Å²) in [5.74, 6) is -3.03. The molecule has 11 heteroatoms. The van der Waals surface area contributed by atoms with Crippen LogP contribution in [0.3, 0.4) is 0 Å². The summed E-state index contributed by atoms with van der Waals surface area (Å²) in [5.41, 5.74) is 6.23. The van der Waals surface area contributed by atoms with Crippen molar-refractivity contribution in [1.29, 1.82) is 0 Å². The number of aromatic amines is 1. The van der Waals surface area contributed by atoms with Crippen LogP contribution in [0.1, 0.15) is 53.2 Å². The molecule has 1 aromatic rings. The summed E-state index contributed by atoms with van der Waals surface area (Å²) < 4.78 is 0. The van der Waals surface area contributed by atoms with Gasteiger partial charge in [-0.25, -0.2) is 9.78 Å². The number of hydrogen-bond donors (Lipinski definition) is 6. The second-order valence-electron chi connectivity index (χ2n) is 8.53. The number of H-pyrrole nitrogens is 1. The minimum atomic E-state index is -1.14. The first kappa shape index (κ1) is 27.1. The molecular weight excluding hydrogens is 416 g/mol. The van der Waals surface area contributed by atoms with Crippen LogP contribution in [0.5, 0.6) is 0 Å². The summed E-state index contributed by atoms with van der Waals surface area (Å²) in [6.45, 7) is 8.86. The van der Waals surface area contributed by atoms with Crippen molar-refractivity contribution in [1.82, 2.24) is 25.9 Å². The lowest BCUT2D eigenvalue weighted by molar-refractivity contribution is -0.143. The Kier molecular flexibility index (Phi) is 10.8. The molecule has 0 bridgehead atoms. The molecule has 7 N–H and O–H groups in total. The molecule has 0 spiro atoms. The summed E-state index contributed by atoms with van der Waals surface area (Å²) in [4.78, 5) is 56.5. The van der Waals surface area contributed by atoms with Gasteiger partial charge in [0.05, 0.1) is 12.4 Å². The molecule has 0 fully saturated rings. The Bertz CT molecular complexity index is 765. The number of carbonyl (C=O) groups is 4. The number of nitrogens with two attached hydrogens (primary N) is 1. The van der Waals surface area contributed by atoms with Crippen LogP contribution in [0.2, 0.25) is 0 Å². The van der Waals surface area contributed by atoms with Crippen molar-refractivity contribution in [2.24, 2.45) is 17.6 Å². The fourth-order valence-corrected chi connectivity index (χ4v) is 3.04. The van der Waals surface area contributed by atoms with Crippen LogP contribution < -0.4 is 21.7 Å². The predicted octanol–water partition coefficient (Wildman–Crippen LogP) is -0.0694. The van der Waals surface area contributed by atoms with Gasteiger partial charge in [0, 0.05) is 18.3 Å². The summed E-state index contributed by atoms with van der Waals surface area (Å²) in [5, 5.41) is 17.3. The first-order valence-corrected chi connectivity index (χ1v) is 10.8. The summed E-state index contributed by atoms with van der Waals surface area (Å²) in [7, 11) is 0. The zero-order valence-corrected chi connectivity index (χ0v) is 19.3. The van der Waals surface area contributed by atoms with Gasteiger partial charge in [0.2, 0.25) is 17.7 Å². The van der Waals surface area contributed by atoms with Gasteiger partial charge in [-0.05, 0) is 25.2 Å². The molecule has 1 rings (SSSR count). The zero-order valence-electron chi connectivity index (χ0n) is 19.3. The summed E-state index contributed by atoms with van der Waals surface area (Å²) >= 11 is 0. The number of imidazole rings is 1. The van der Waals surface area contributed by atoms with Crippen LogP contribution in [0.4, 0.5) is 0 Å². The lowest BCUT2D eigenvalue weighted by Crippen LogP contribution is -2.59. The summed E-state index contributed by atoms with van der Waals surface area (Å²) in [6, 6.07) is -3.87. The maximum atomic E-state index is 13.1. The number of aromatic nitrogens is 2. The van der Waals surface area contributed by atoms with Crippen LogP contribution in [-0.2, 0) is 25.6 Å². The van der Waals surface area contributed by atoms with Crippen LogP contribution in [0, 0.1) is 11.8 Å². The van der Waals surface area contributed by atoms with E-state index in [1.165, 1.54) is 19.4 Å². The first-order valence-electron chi connectivity index (χ1n) is 10.8. The topological polar surface area (TPSA) is 179 Å². The highest BCUT2D eigenvalue weighted by Crippen LogP contribution is 2.12. The number of aliphatic carboxylic acids is 1. The Morgan fingerprint density at radius 1 is 1.03 bits per heavy atom. The number of nitrogens with one attached hydrogen (secondary N) is 4. The molecule has 0 aromatic carbocycles. The molecule has 0 aliphatic carbocycles. The van der Waals surface area contributed by atoms with Gasteiger partial charge in [0.15, 0.2) is 0 Å². The van der Waals surface area contributed by atoms with Crippen molar-refractivity contribution in [3.63, 3.8) is 0 Å². The molecular formula is C21H36N6O5. The standard InChI is InChI=1S/C21H36N6O5/c1-6-12(4)17(20(30)26-16(21(31)32)7-11(2)3)27-19(29)15(25-18(28)13(5)22)8-14-9-23-10-24-14/h9-13,15-17H,6-8,22H2,1-5H3,(H,23,24)(H,25,28)(H,26,30)(H,27,29)(H,31,32). The highest BCUT2D eigenvalue weighted by Gasteiger charge is 2.32. The van der Waals surface area contributed by atoms with Crippen molar-refractivity contribution in [2.75, 3.05) is 0 Å². The minimum Gasteiger partial charge on any atom is -0.480 e. The lowest BCUT2D eigenvalue weighted by atomic mass is 9.96. The maximum Gasteiger partial charge on any atom is 0.326 e. The number of carboxylic acid groups (broad SMARTS) is 1. The van der Waals surface area contributed by atoms with E-state index in [2.05, 4.69) is 25.9 Å². The molecule has 1 aromatic heterocycles. The first-order chi connectivity index (χ1) is 15.0. The van der Waals surface area contributed by atoms with E-state index in [0.29, 0.717) is 12.1 Å². The molecule has 11 nitrogen and oxygen atoms in total. The van der Waals surface area contributed by atoms with E-state index in [9.17, 15) is 24.3 Å². The van der Waals surface area contributed by atoms with Crippen molar-refractivity contribution in [3.8, 4) is 0 Å². The SMILES string of the molecule is CCC(C)C(NC(=O)C(Cc1cnc[nH]1)NC(=O)C(C)N)C(=O)NC(CC(C)C)C(=O)O. The van der Waals surface area contributed by atoms with E-state index in [1.54, 1.807) is 6.92 Å². The molecule has 1 heterocycles. The number of rotatable bonds is 13. The van der Waals surface area contributed by atoms with Gasteiger partial charge in [-0.3, -0.25) is 14.4 Å². The second-order valence-corrected chi connectivity index (χ2v) is 8.53. The monoisotopic (exact) mass is 452 g/mol. The smallest absolute Gasteiger partial charge is 0.326 e. The quantitative estimate of drug-likeness (QED) is 0.242. The molecule has 0 saturated heterocycles. The average molecular weight is 453 g/mol. The second kappa shape index (κ2) is 12.8. The number of nitrogens with zero attached hydrogens (tertiary/aromatic N) is 1. The normalized spacial score (nSPS) is 15.8. The Morgan fingerprint density at radius 3 is 2.12 bits per heavy atom. The molecule has 5 atom stereocenters. The number of amides is 3. The van der Waals surface area contributed by atoms with E-state index < -0.39 is 47.9 Å². The maximum absolute atomic E-state index is 13.1. The van der Waals surface area contributed by atoms with Gasteiger partial charge in [-0.1, -0.05) is 34.1 Å². The Morgan fingerprint density at radius 2 is 1.66 bits per heavy atom. The van der Waals surface area contributed by atoms with E-state index >= 15 is 0 Å². The largest absolute Gasteiger partial charge is 0.480 e. The van der Waals surface area contributed by atoms with E-state index in [4.69, 9.17) is 5.73 Å². The average Bonchev–Trinajstić information content (AvgIpc) is 3.22. The van der Waals surface area contributed by atoms with E-state index in [-0.39, 0.29) is 24.7 Å². The molecule has 5 unspecified atom stereocenters. The third-order valence-electron chi connectivity index (χ3n) is 5.14. The van der Waals surface area contributed by atoms with Crippen molar-refractivity contribution < 1.29 is 24.3 Å². The fourth-order valence-electron chi connectivity index (χ4n) is 3.04. The highest BCUT2D eigenvalue weighted by molar-refractivity contribution is 5.94. The number of hydrogen-bond acceptors (Lipinski definition) is 6. The fraction of sp³-hybridized carbons (Fsp3) is 0.667. The Hall–Kier alpha value is -2.95. The van der Waals surface area contributed by atoms with Gasteiger partial charge < -0.3 is 31.8 Å². The van der Waals surface area contributed by atoms with E-state index in [0.717, 1.165) is 0 Å². The lowest BCUT2D eigenvalue weighted by Gasteiger charge is -2.28. The molecule has 3 amide bonds. The predicted molar refractivity (Wildman–Crippen MR) is 118 cm³/mol. The van der Waals surface area contributed by atoms with E-state index in [1.807, 2.05) is 20.8 Å². The molecule has 32 heavy (non-hydrogen) atoms. The highest BCUT2D eigenvalue weighted by atomic mass is 16.4. The van der Waals surface area contributed by atoms with Gasteiger partial charge in [0.1, 0.15) is 18.1 Å². The number of carboxylic acids is 1. The Balaban J connectivity index is 3.03. The minimum absolute atomic E-state index is 0.0558. The van der Waals surface area contributed by atoms with Crippen molar-refractivity contribution in [3.05, 3.63) is 18.2 Å². The van der Waals surface area contributed by atoms with Crippen LogP contribution in [0.25, 0.3) is 0 Å². The van der Waals surface area contributed by atoms with Crippen LogP contribution >= 0.6 is 0 Å². The van der Waals surface area contributed by atoms with Gasteiger partial charge >= 0.3 is 5.97 Å². The van der Waals surface area contributed by atoms with Crippen molar-refractivity contribution in [2.45, 2.75) is 78.0 Å². The third-order valence-corrected chi connectivity index (χ3v) is 5.14. The van der Waals surface area contributed by atoms with Crippen LogP contribution in [-0.4, -0.2) is 62.9 Å². The summed E-state index contributed by atoms with van der Waals surface area (Å²) in [6.07, 6.45) is 3.92. The molecule has 0 radical (unpaired) electrons. The van der Waals surface area contributed by atoms with Gasteiger partial charge in [-0.15, -0.1) is 0 Å². The molecule has 0 aliphatic rings. The number of carbonyl (C=O) groups excluding carboxylic acids is 3. The van der Waals surface area contributed by atoms with Crippen LogP contribution in [0.15, 0.2) is 12.5 Å². The van der Waals surface area contributed by atoms with Gasteiger partial charge in [0.25, 0.3) is 0 Å². The zero-order chi connectivity index (χ0) is 24.4. The molecule has 180 valence electrons.